The molecule has 2 aromatic carbocycles. The van der Waals surface area contributed by atoms with Crippen molar-refractivity contribution in [3.63, 3.8) is 0 Å². The molecular formula is C28H32N4O5. The number of nitrogens with zero attached hydrogens (tertiary/aromatic N) is 4. The van der Waals surface area contributed by atoms with Crippen LogP contribution in [-0.2, 0) is 20.7 Å². The molecule has 2 atom stereocenters. The second-order valence-electron chi connectivity index (χ2n) is 10.00. The lowest BCUT2D eigenvalue weighted by molar-refractivity contribution is -0.390. The molecule has 1 unspecified atom stereocenters. The zero-order chi connectivity index (χ0) is 26.4. The van der Waals surface area contributed by atoms with Crippen LogP contribution in [0.1, 0.15) is 63.0 Å². The van der Waals surface area contributed by atoms with E-state index >= 15 is 0 Å². The summed E-state index contributed by atoms with van der Waals surface area (Å²) < 4.78 is 13.0. The number of ether oxygens (including phenoxy) is 2. The Balaban J connectivity index is 1.77. The van der Waals surface area contributed by atoms with Crippen LogP contribution >= 0.6 is 0 Å². The Morgan fingerprint density at radius 3 is 2.27 bits per heavy atom. The third kappa shape index (κ3) is 6.89. The smallest absolute Gasteiger partial charge is 0.393 e. The van der Waals surface area contributed by atoms with Crippen molar-refractivity contribution in [2.75, 3.05) is 6.61 Å². The number of carbonyl (C=O) groups is 1. The number of carbonyl (C=O) groups excluding carboxylic acids is 1. The van der Waals surface area contributed by atoms with Crippen molar-refractivity contribution in [2.45, 2.75) is 64.3 Å². The molecular weight excluding hydrogens is 472 g/mol. The van der Waals surface area contributed by atoms with Crippen molar-refractivity contribution in [1.82, 2.24) is 9.78 Å². The number of aromatic nitrogens is 2. The van der Waals surface area contributed by atoms with Gasteiger partial charge in [-0.15, -0.1) is 0 Å². The van der Waals surface area contributed by atoms with Crippen LogP contribution in [0, 0.1) is 10.1 Å². The fourth-order valence-electron chi connectivity index (χ4n) is 4.22. The number of aliphatic imine (C=N–C) groups is 1. The summed E-state index contributed by atoms with van der Waals surface area (Å²) in [5.74, 6) is -0.869. The van der Waals surface area contributed by atoms with Crippen molar-refractivity contribution >= 4 is 17.5 Å². The van der Waals surface area contributed by atoms with Crippen LogP contribution < -0.4 is 0 Å². The van der Waals surface area contributed by atoms with E-state index in [1.165, 1.54) is 4.68 Å². The summed E-state index contributed by atoms with van der Waals surface area (Å²) in [4.78, 5) is 29.6. The number of hydrogen-bond donors (Lipinski definition) is 0. The maximum atomic E-state index is 13.4. The van der Waals surface area contributed by atoms with Crippen LogP contribution in [-0.4, -0.2) is 44.6 Å². The normalized spacial score (nSPS) is 16.6. The summed E-state index contributed by atoms with van der Waals surface area (Å²) in [6, 6.07) is 18.0. The third-order valence-corrected chi connectivity index (χ3v) is 5.88. The van der Waals surface area contributed by atoms with Crippen molar-refractivity contribution in [3.05, 3.63) is 93.7 Å². The molecule has 1 aliphatic heterocycles. The first-order valence-electron chi connectivity index (χ1n) is 12.5. The van der Waals surface area contributed by atoms with Gasteiger partial charge in [-0.1, -0.05) is 60.7 Å². The Morgan fingerprint density at radius 2 is 1.76 bits per heavy atom. The fourth-order valence-corrected chi connectivity index (χ4v) is 4.22. The highest BCUT2D eigenvalue weighted by molar-refractivity contribution is 6.13. The monoisotopic (exact) mass is 504 g/mol. The summed E-state index contributed by atoms with van der Waals surface area (Å²) in [5, 5.41) is 16.1. The van der Waals surface area contributed by atoms with Gasteiger partial charge in [-0.25, -0.2) is 4.79 Å². The fraction of sp³-hybridized carbons (Fsp3) is 0.393. The third-order valence-electron chi connectivity index (χ3n) is 5.88. The molecule has 0 amide bonds. The van der Waals surface area contributed by atoms with Gasteiger partial charge in [0.2, 0.25) is 0 Å². The summed E-state index contributed by atoms with van der Waals surface area (Å²) in [7, 11) is 0. The highest BCUT2D eigenvalue weighted by Gasteiger charge is 2.32. The van der Waals surface area contributed by atoms with E-state index in [1.807, 2.05) is 60.7 Å². The lowest BCUT2D eigenvalue weighted by Crippen LogP contribution is -2.33. The van der Waals surface area contributed by atoms with Crippen molar-refractivity contribution in [2.24, 2.45) is 4.99 Å². The van der Waals surface area contributed by atoms with Gasteiger partial charge in [0.15, 0.2) is 12.3 Å². The van der Waals surface area contributed by atoms with E-state index in [0.29, 0.717) is 17.9 Å². The van der Waals surface area contributed by atoms with Crippen molar-refractivity contribution < 1.29 is 19.2 Å². The topological polar surface area (TPSA) is 109 Å². The first kappa shape index (κ1) is 26.2. The Morgan fingerprint density at radius 1 is 1.14 bits per heavy atom. The molecule has 37 heavy (non-hydrogen) atoms. The molecule has 9 heteroatoms. The van der Waals surface area contributed by atoms with Crippen LogP contribution in [0.25, 0.3) is 0 Å². The van der Waals surface area contributed by atoms with E-state index in [4.69, 9.17) is 14.5 Å². The summed E-state index contributed by atoms with van der Waals surface area (Å²) in [6.07, 6.45) is 3.82. The molecule has 194 valence electrons. The van der Waals surface area contributed by atoms with Gasteiger partial charge in [-0.05, 0) is 45.0 Å². The summed E-state index contributed by atoms with van der Waals surface area (Å²) in [6.45, 7) is 5.92. The van der Waals surface area contributed by atoms with Crippen LogP contribution in [0.15, 0.2) is 71.9 Å². The van der Waals surface area contributed by atoms with Crippen LogP contribution in [0.5, 0.6) is 0 Å². The van der Waals surface area contributed by atoms with Gasteiger partial charge in [-0.3, -0.25) is 4.99 Å². The van der Waals surface area contributed by atoms with E-state index in [-0.39, 0.29) is 18.5 Å². The molecule has 0 saturated carbocycles. The van der Waals surface area contributed by atoms with E-state index in [9.17, 15) is 14.9 Å². The van der Waals surface area contributed by atoms with Crippen molar-refractivity contribution in [1.29, 1.82) is 0 Å². The lowest BCUT2D eigenvalue weighted by atomic mass is 10.0. The molecule has 0 spiro atoms. The predicted octanol–water partition coefficient (Wildman–Crippen LogP) is 5.28. The lowest BCUT2D eigenvalue weighted by Gasteiger charge is -2.23. The summed E-state index contributed by atoms with van der Waals surface area (Å²) in [5.41, 5.74) is 1.80. The number of benzene rings is 2. The molecule has 0 radical (unpaired) electrons. The van der Waals surface area contributed by atoms with Gasteiger partial charge >= 0.3 is 11.8 Å². The molecule has 9 nitrogen and oxygen atoms in total. The minimum atomic E-state index is -1.03. The van der Waals surface area contributed by atoms with Crippen LogP contribution in [0.2, 0.25) is 0 Å². The molecule has 4 rings (SSSR count). The zero-order valence-electron chi connectivity index (χ0n) is 21.4. The largest absolute Gasteiger partial charge is 0.458 e. The van der Waals surface area contributed by atoms with E-state index in [1.54, 1.807) is 27.0 Å². The quantitative estimate of drug-likeness (QED) is 0.179. The molecule has 1 aliphatic rings. The number of rotatable bonds is 8. The molecule has 1 aromatic heterocycles. The Hall–Kier alpha value is -3.85. The van der Waals surface area contributed by atoms with E-state index in [0.717, 1.165) is 30.4 Å². The molecule has 0 N–H and O–H groups in total. The molecule has 0 aliphatic carbocycles. The second-order valence-corrected chi connectivity index (χ2v) is 10.00. The van der Waals surface area contributed by atoms with Gasteiger partial charge in [0.1, 0.15) is 5.60 Å². The highest BCUT2D eigenvalue weighted by atomic mass is 16.6. The standard InChI is InChI=1S/C28H32N4O5/c1-28(2,3)37-27(33)23(29-25(20-12-6-4-7-13-20)21-14-8-5-9-15-21)18-22-19-31(30-26(22)32(34)35)24-16-10-11-17-36-24/h4-9,12-15,19,23-24H,10-11,16-18H2,1-3H3/t23-,24?/m0/s1. The van der Waals surface area contributed by atoms with Crippen LogP contribution in [0.4, 0.5) is 5.82 Å². The average Bonchev–Trinajstić information content (AvgIpc) is 3.31. The zero-order valence-corrected chi connectivity index (χ0v) is 21.4. The maximum Gasteiger partial charge on any atom is 0.393 e. The minimum absolute atomic E-state index is 0.0406. The number of esters is 1. The SMILES string of the molecule is CC(C)(C)OC(=O)[C@H](Cc1cn(C2CCCCO2)nc1[N+](=O)[O-])N=C(c1ccccc1)c1ccccc1. The van der Waals surface area contributed by atoms with E-state index in [2.05, 4.69) is 5.10 Å². The van der Waals surface area contributed by atoms with Gasteiger partial charge in [-0.2, -0.15) is 4.68 Å². The van der Waals surface area contributed by atoms with Crippen molar-refractivity contribution in [3.8, 4) is 0 Å². The Kier molecular flexibility index (Phi) is 8.13. The molecule has 1 fully saturated rings. The predicted molar refractivity (Wildman–Crippen MR) is 140 cm³/mol. The highest BCUT2D eigenvalue weighted by Crippen LogP contribution is 2.27. The maximum absolute atomic E-state index is 13.4. The van der Waals surface area contributed by atoms with Gasteiger partial charge in [0.25, 0.3) is 0 Å². The Labute approximate surface area is 216 Å². The first-order chi connectivity index (χ1) is 17.7. The second kappa shape index (κ2) is 11.5. The molecule has 2 heterocycles. The molecule has 1 saturated heterocycles. The Bertz CT molecular complexity index is 1200. The molecule has 3 aromatic rings. The van der Waals surface area contributed by atoms with E-state index < -0.39 is 22.5 Å². The summed E-state index contributed by atoms with van der Waals surface area (Å²) >= 11 is 0. The van der Waals surface area contributed by atoms with Gasteiger partial charge in [0.05, 0.1) is 22.6 Å². The molecule has 0 bridgehead atoms. The average molecular weight is 505 g/mol. The van der Waals surface area contributed by atoms with Gasteiger partial charge in [0, 0.05) is 24.2 Å². The first-order valence-corrected chi connectivity index (χ1v) is 12.5. The van der Waals surface area contributed by atoms with Gasteiger partial charge < -0.3 is 19.6 Å². The van der Waals surface area contributed by atoms with Crippen LogP contribution in [0.3, 0.4) is 0 Å². The number of hydrogen-bond acceptors (Lipinski definition) is 7. The number of nitro groups is 1. The minimum Gasteiger partial charge on any atom is -0.458 e.